The molecule has 0 saturated carbocycles. The van der Waals surface area contributed by atoms with E-state index in [0.717, 1.165) is 52.3 Å². The predicted molar refractivity (Wildman–Crippen MR) is 296 cm³/mol. The molecule has 0 aliphatic carbocycles. The van der Waals surface area contributed by atoms with E-state index in [0.29, 0.717) is 91.8 Å². The van der Waals surface area contributed by atoms with Crippen molar-refractivity contribution in [1.29, 1.82) is 0 Å². The summed E-state index contributed by atoms with van der Waals surface area (Å²) in [5, 5.41) is 7.61. The van der Waals surface area contributed by atoms with E-state index in [1.165, 1.54) is 58.6 Å². The van der Waals surface area contributed by atoms with Crippen molar-refractivity contribution in [2.75, 3.05) is 81.6 Å². The first-order valence-corrected chi connectivity index (χ1v) is 27.6. The van der Waals surface area contributed by atoms with Crippen LogP contribution in [0.15, 0.2) is 114 Å². The maximum absolute atomic E-state index is 16.3. The number of piperidine rings is 1. The third-order valence-electron chi connectivity index (χ3n) is 15.6. The van der Waals surface area contributed by atoms with Gasteiger partial charge in [0.15, 0.2) is 23.8 Å². The molecule has 2 N–H and O–H groups in total. The van der Waals surface area contributed by atoms with Gasteiger partial charge >= 0.3 is 13.1 Å². The molecule has 2 fully saturated rings. The topological polar surface area (TPSA) is 134 Å². The van der Waals surface area contributed by atoms with Crippen LogP contribution in [0.3, 0.4) is 0 Å². The van der Waals surface area contributed by atoms with Crippen LogP contribution >= 0.6 is 11.3 Å². The van der Waals surface area contributed by atoms with Crippen molar-refractivity contribution in [3.05, 3.63) is 148 Å². The second-order valence-electron chi connectivity index (χ2n) is 20.6. The van der Waals surface area contributed by atoms with E-state index in [2.05, 4.69) is 25.5 Å². The molecule has 3 aromatic heterocycles. The standard InChI is InChI=1S/C57H58BF6N11O4S/c1-69-49-34-66-56(68-54(49)70(2)53-44(55(69)78)8-6-9-46(53)59)67-39-15-12-38(45(32-39)57(60,61)62)35-71-25-22-40(23-26-71)72-27-29-73(30-28-72)52(77)11-4-3-5-24-65-51(76)36-79-43-18-13-37(14-19-43)47-20-16-41-33-42-17-21-48(50-10-7-31-80-50)75(42)58(63,64)74(41)47/h6-10,12-21,31-34,40H,3-5,11,22-30,35-36H2,1-2H3,(H,65,76)(H,66,67,68). The Bertz CT molecular complexity index is 3430. The van der Waals surface area contributed by atoms with E-state index >= 15 is 13.0 Å². The van der Waals surface area contributed by atoms with Gasteiger partial charge in [-0.3, -0.25) is 24.2 Å². The number of hydrogen-bond donors (Lipinski definition) is 2. The minimum Gasteiger partial charge on any atom is -0.484 e. The lowest BCUT2D eigenvalue weighted by Crippen LogP contribution is -2.54. The van der Waals surface area contributed by atoms with Crippen molar-refractivity contribution in [1.82, 2.24) is 34.5 Å². The molecule has 2 saturated heterocycles. The fourth-order valence-electron chi connectivity index (χ4n) is 11.4. The number of carbonyl (C=O) groups is 3. The second-order valence-corrected chi connectivity index (χ2v) is 21.5. The van der Waals surface area contributed by atoms with Crippen molar-refractivity contribution in [2.24, 2.45) is 0 Å². The SMILES string of the molecule is CN1C(=O)c2cccc(F)c2N(C)c2nc(Nc3ccc(CN4CCC(N5CCN(C(=O)CCCCCNC(=O)COc6ccc(C7=[N+]8C(=Cc9ccc(-c%10cccs%10)n9[B-]8(F)F)C=C7)cc6)CC5)CC4)c(C(F)(F)F)c3)ncc21. The minimum absolute atomic E-state index is 0.0271. The number of halogens is 6. The number of rotatable bonds is 16. The molecule has 6 aromatic rings. The van der Waals surface area contributed by atoms with Gasteiger partial charge in [-0.2, -0.15) is 18.2 Å². The summed E-state index contributed by atoms with van der Waals surface area (Å²) >= 11 is 1.41. The highest BCUT2D eigenvalue weighted by Gasteiger charge is 2.53. The van der Waals surface area contributed by atoms with E-state index in [1.807, 2.05) is 27.3 Å². The van der Waals surface area contributed by atoms with Gasteiger partial charge in [-0.1, -0.05) is 24.6 Å². The van der Waals surface area contributed by atoms with Gasteiger partial charge in [-0.25, -0.2) is 9.37 Å². The summed E-state index contributed by atoms with van der Waals surface area (Å²) in [6, 6.07) is 22.4. The van der Waals surface area contributed by atoms with Crippen LogP contribution in [0, 0.1) is 5.82 Å². The van der Waals surface area contributed by atoms with Crippen molar-refractivity contribution < 1.29 is 49.8 Å². The molecular formula is C57H58BF6N11O4S. The first-order chi connectivity index (χ1) is 38.5. The average Bonchev–Trinajstić information content (AvgIpc) is 3.69. The summed E-state index contributed by atoms with van der Waals surface area (Å²) in [7, 11) is 3.08. The molecule has 0 unspecified atom stereocenters. The molecule has 3 aromatic carbocycles. The Balaban J connectivity index is 0.581. The second kappa shape index (κ2) is 22.4. The van der Waals surface area contributed by atoms with Crippen molar-refractivity contribution >= 4 is 76.6 Å². The van der Waals surface area contributed by atoms with E-state index < -0.39 is 30.4 Å². The number of anilines is 5. The van der Waals surface area contributed by atoms with E-state index in [1.54, 1.807) is 67.7 Å². The maximum Gasteiger partial charge on any atom is 0.737 e. The number of ether oxygens (including phenoxy) is 1. The molecule has 8 heterocycles. The number of piperazine rings is 1. The summed E-state index contributed by atoms with van der Waals surface area (Å²) in [4.78, 5) is 57.5. The normalized spacial score (nSPS) is 17.4. The lowest BCUT2D eigenvalue weighted by Gasteiger charge is -2.43. The Kier molecular flexibility index (Phi) is 15.2. The molecule has 5 aliphatic heterocycles. The van der Waals surface area contributed by atoms with Gasteiger partial charge in [0.1, 0.15) is 17.3 Å². The molecule has 0 bridgehead atoms. The zero-order chi connectivity index (χ0) is 55.9. The number of unbranched alkanes of at least 4 members (excludes halogenated alkanes) is 2. The molecule has 0 radical (unpaired) electrons. The van der Waals surface area contributed by atoms with Gasteiger partial charge in [-0.15, -0.1) is 11.3 Å². The quantitative estimate of drug-likeness (QED) is 0.0548. The van der Waals surface area contributed by atoms with Gasteiger partial charge in [-0.05, 0) is 116 Å². The number of thiophene rings is 1. The number of para-hydroxylation sites is 1. The molecule has 5 aliphatic rings. The molecule has 0 spiro atoms. The number of nitrogens with one attached hydrogen (secondary N) is 2. The highest BCUT2D eigenvalue weighted by atomic mass is 32.1. The highest BCUT2D eigenvalue weighted by molar-refractivity contribution is 7.13. The van der Waals surface area contributed by atoms with Gasteiger partial charge in [0.25, 0.3) is 11.8 Å². The molecular weight excluding hydrogens is 1060 g/mol. The van der Waals surface area contributed by atoms with E-state index in [-0.39, 0.29) is 65.3 Å². The Morgan fingerprint density at radius 3 is 2.42 bits per heavy atom. The average molecular weight is 1120 g/mol. The Labute approximate surface area is 462 Å². The summed E-state index contributed by atoms with van der Waals surface area (Å²) < 4.78 is 99.4. The number of hydrogen-bond acceptors (Lipinski definition) is 11. The van der Waals surface area contributed by atoms with Crippen LogP contribution in [0.1, 0.15) is 71.3 Å². The third kappa shape index (κ3) is 11.0. The zero-order valence-electron chi connectivity index (χ0n) is 44.1. The van der Waals surface area contributed by atoms with Crippen LogP contribution in [0.5, 0.6) is 5.75 Å². The largest absolute Gasteiger partial charge is 0.737 e. The third-order valence-corrected chi connectivity index (χ3v) is 16.5. The maximum atomic E-state index is 16.3. The fourth-order valence-corrected chi connectivity index (χ4v) is 12.2. The van der Waals surface area contributed by atoms with E-state index in [9.17, 15) is 27.6 Å². The lowest BCUT2D eigenvalue weighted by atomic mass is 9.90. The van der Waals surface area contributed by atoms with Crippen LogP contribution in [0.4, 0.5) is 55.0 Å². The van der Waals surface area contributed by atoms with Crippen molar-refractivity contribution in [3.63, 3.8) is 0 Å². The minimum atomic E-state index is -4.64. The molecule has 80 heavy (non-hydrogen) atoms. The fraction of sp³-hybridized carbons (Fsp3) is 0.333. The Hall–Kier alpha value is -7.76. The molecule has 0 atom stereocenters. The van der Waals surface area contributed by atoms with Crippen LogP contribution in [0.25, 0.3) is 16.6 Å². The first kappa shape index (κ1) is 54.2. The Morgan fingerprint density at radius 1 is 0.887 bits per heavy atom. The van der Waals surface area contributed by atoms with Crippen LogP contribution < -0.4 is 25.2 Å². The number of likely N-dealkylation sites (tertiary alicyclic amines) is 1. The van der Waals surface area contributed by atoms with Gasteiger partial charge in [0.2, 0.25) is 11.9 Å². The summed E-state index contributed by atoms with van der Waals surface area (Å²) in [5.41, 5.74) is 2.24. The monoisotopic (exact) mass is 1120 g/mol. The molecule has 416 valence electrons. The van der Waals surface area contributed by atoms with Crippen LogP contribution in [-0.2, 0) is 22.3 Å². The van der Waals surface area contributed by atoms with E-state index in [4.69, 9.17) is 4.74 Å². The summed E-state index contributed by atoms with van der Waals surface area (Å²) in [5.74, 6) is -0.683. The van der Waals surface area contributed by atoms with Gasteiger partial charge in [0.05, 0.1) is 23.0 Å². The Morgan fingerprint density at radius 2 is 1.68 bits per heavy atom. The van der Waals surface area contributed by atoms with Crippen LogP contribution in [-0.4, -0.2) is 137 Å². The van der Waals surface area contributed by atoms with Crippen molar-refractivity contribution in [3.8, 4) is 16.3 Å². The first-order valence-electron chi connectivity index (χ1n) is 26.7. The number of benzene rings is 3. The predicted octanol–water partition coefficient (Wildman–Crippen LogP) is 9.78. The molecule has 23 heteroatoms. The molecule has 15 nitrogen and oxygen atoms in total. The molecule has 11 rings (SSSR count). The van der Waals surface area contributed by atoms with Gasteiger partial charge in [0, 0.05) is 112 Å². The number of aromatic nitrogens is 3. The number of nitrogens with zero attached hydrogens (tertiary/aromatic N) is 9. The number of allylic oxidation sites excluding steroid dienone is 2. The number of carbonyl (C=O) groups excluding carboxylic acids is 3. The zero-order valence-corrected chi connectivity index (χ0v) is 44.9. The number of amides is 3. The van der Waals surface area contributed by atoms with Crippen molar-refractivity contribution in [2.45, 2.75) is 57.3 Å². The summed E-state index contributed by atoms with van der Waals surface area (Å²) in [6.45, 7) is 0.0743. The smallest absolute Gasteiger partial charge is 0.484 e. The van der Waals surface area contributed by atoms with Crippen LogP contribution in [0.2, 0.25) is 0 Å². The highest BCUT2D eigenvalue weighted by Crippen LogP contribution is 2.42. The number of alkyl halides is 3. The van der Waals surface area contributed by atoms with Gasteiger partial charge < -0.3 is 47.7 Å². The molecule has 3 amide bonds. The number of fused-ring (bicyclic) bond motifs is 4. The summed E-state index contributed by atoms with van der Waals surface area (Å²) in [6.07, 6.45) is 6.01. The lowest BCUT2D eigenvalue weighted by molar-refractivity contribution is -0.360.